The van der Waals surface area contributed by atoms with Gasteiger partial charge in [-0.15, -0.1) is 0 Å². The van der Waals surface area contributed by atoms with Crippen molar-refractivity contribution in [1.82, 2.24) is 4.90 Å². The number of carboxylic acid groups (broad SMARTS) is 1. The highest BCUT2D eigenvalue weighted by Crippen LogP contribution is 2.09. The van der Waals surface area contributed by atoms with Crippen molar-refractivity contribution in [3.63, 3.8) is 0 Å². The van der Waals surface area contributed by atoms with Crippen molar-refractivity contribution in [2.45, 2.75) is 32.2 Å². The number of likely N-dealkylation sites (N-methyl/N-ethyl adjacent to an activating group) is 1. The second-order valence-corrected chi connectivity index (χ2v) is 4.66. The zero-order valence-electron chi connectivity index (χ0n) is 10.9. The third kappa shape index (κ3) is 5.27. The van der Waals surface area contributed by atoms with Crippen molar-refractivity contribution in [2.24, 2.45) is 0 Å². The minimum atomic E-state index is -0.755. The van der Waals surface area contributed by atoms with Crippen LogP contribution < -0.4 is 0 Å². The van der Waals surface area contributed by atoms with Gasteiger partial charge in [-0.2, -0.15) is 0 Å². The standard InChI is InChI=1S/C14H20FNO2/c1-11(16(2)9-3-4-14(17)18)10-12-5-7-13(15)8-6-12/h5-8,11H,3-4,9-10H2,1-2H3,(H,17,18). The molecule has 1 aromatic carbocycles. The molecule has 0 aliphatic carbocycles. The lowest BCUT2D eigenvalue weighted by atomic mass is 10.1. The molecule has 1 aromatic rings. The van der Waals surface area contributed by atoms with Gasteiger partial charge >= 0.3 is 5.97 Å². The Morgan fingerprint density at radius 1 is 1.39 bits per heavy atom. The largest absolute Gasteiger partial charge is 0.481 e. The first kappa shape index (κ1) is 14.6. The van der Waals surface area contributed by atoms with E-state index < -0.39 is 5.97 Å². The van der Waals surface area contributed by atoms with E-state index in [1.54, 1.807) is 12.1 Å². The zero-order chi connectivity index (χ0) is 13.5. The van der Waals surface area contributed by atoms with E-state index in [1.165, 1.54) is 12.1 Å². The Kier molecular flexibility index (Phi) is 5.78. The summed E-state index contributed by atoms with van der Waals surface area (Å²) in [5.74, 6) is -0.976. The third-order valence-electron chi connectivity index (χ3n) is 3.10. The zero-order valence-corrected chi connectivity index (χ0v) is 10.9. The van der Waals surface area contributed by atoms with Gasteiger partial charge in [-0.25, -0.2) is 4.39 Å². The number of carboxylic acids is 1. The van der Waals surface area contributed by atoms with Crippen LogP contribution in [0, 0.1) is 5.82 Å². The molecule has 1 rings (SSSR count). The van der Waals surface area contributed by atoms with Crippen molar-refractivity contribution in [3.8, 4) is 0 Å². The molecule has 0 heterocycles. The topological polar surface area (TPSA) is 40.5 Å². The molecule has 0 aromatic heterocycles. The van der Waals surface area contributed by atoms with Crippen molar-refractivity contribution < 1.29 is 14.3 Å². The number of rotatable bonds is 7. The maximum Gasteiger partial charge on any atom is 0.303 e. The molecule has 1 N–H and O–H groups in total. The molecule has 0 aliphatic rings. The summed E-state index contributed by atoms with van der Waals surface area (Å²) in [5, 5.41) is 8.57. The van der Waals surface area contributed by atoms with Crippen LogP contribution in [0.2, 0.25) is 0 Å². The Hall–Kier alpha value is -1.42. The van der Waals surface area contributed by atoms with Crippen LogP contribution in [0.5, 0.6) is 0 Å². The molecule has 0 saturated heterocycles. The summed E-state index contributed by atoms with van der Waals surface area (Å²) in [5.41, 5.74) is 1.09. The van der Waals surface area contributed by atoms with E-state index >= 15 is 0 Å². The van der Waals surface area contributed by atoms with Crippen molar-refractivity contribution in [3.05, 3.63) is 35.6 Å². The number of benzene rings is 1. The lowest BCUT2D eigenvalue weighted by Gasteiger charge is -2.24. The predicted octanol–water partition coefficient (Wildman–Crippen LogP) is 2.55. The van der Waals surface area contributed by atoms with Gasteiger partial charge < -0.3 is 10.0 Å². The summed E-state index contributed by atoms with van der Waals surface area (Å²) in [6.07, 6.45) is 1.69. The van der Waals surface area contributed by atoms with E-state index in [4.69, 9.17) is 5.11 Å². The number of carbonyl (C=O) groups is 1. The van der Waals surface area contributed by atoms with Crippen LogP contribution in [0.15, 0.2) is 24.3 Å². The highest BCUT2D eigenvalue weighted by Gasteiger charge is 2.10. The van der Waals surface area contributed by atoms with E-state index in [0.29, 0.717) is 12.5 Å². The quantitative estimate of drug-likeness (QED) is 0.812. The van der Waals surface area contributed by atoms with Crippen LogP contribution >= 0.6 is 0 Å². The van der Waals surface area contributed by atoms with Crippen LogP contribution in [0.4, 0.5) is 4.39 Å². The van der Waals surface area contributed by atoms with Crippen molar-refractivity contribution in [2.75, 3.05) is 13.6 Å². The number of hydrogen-bond acceptors (Lipinski definition) is 2. The fourth-order valence-corrected chi connectivity index (χ4v) is 1.82. The second kappa shape index (κ2) is 7.11. The minimum Gasteiger partial charge on any atom is -0.481 e. The third-order valence-corrected chi connectivity index (χ3v) is 3.10. The van der Waals surface area contributed by atoms with E-state index in [1.807, 2.05) is 7.05 Å². The van der Waals surface area contributed by atoms with Crippen LogP contribution in [-0.4, -0.2) is 35.6 Å². The monoisotopic (exact) mass is 253 g/mol. The summed E-state index contributed by atoms with van der Waals surface area (Å²) in [4.78, 5) is 12.6. The summed E-state index contributed by atoms with van der Waals surface area (Å²) in [6, 6.07) is 6.82. The van der Waals surface area contributed by atoms with Gasteiger partial charge in [0.25, 0.3) is 0 Å². The van der Waals surface area contributed by atoms with Gasteiger partial charge in [0.05, 0.1) is 0 Å². The molecule has 0 fully saturated rings. The number of aliphatic carboxylic acids is 1. The number of hydrogen-bond donors (Lipinski definition) is 1. The molecular weight excluding hydrogens is 233 g/mol. The SMILES string of the molecule is CC(Cc1ccc(F)cc1)N(C)CCCC(=O)O. The average molecular weight is 253 g/mol. The molecule has 0 amide bonds. The van der Waals surface area contributed by atoms with Crippen LogP contribution in [0.25, 0.3) is 0 Å². The fourth-order valence-electron chi connectivity index (χ4n) is 1.82. The lowest BCUT2D eigenvalue weighted by molar-refractivity contribution is -0.137. The van der Waals surface area contributed by atoms with Crippen molar-refractivity contribution in [1.29, 1.82) is 0 Å². The molecule has 18 heavy (non-hydrogen) atoms. The maximum absolute atomic E-state index is 12.8. The molecule has 0 aliphatic heterocycles. The Balaban J connectivity index is 2.37. The van der Waals surface area contributed by atoms with Gasteiger partial charge in [-0.05, 0) is 51.1 Å². The first-order valence-electron chi connectivity index (χ1n) is 6.15. The normalized spacial score (nSPS) is 12.7. The minimum absolute atomic E-state index is 0.202. The van der Waals surface area contributed by atoms with E-state index in [-0.39, 0.29) is 12.2 Å². The highest BCUT2D eigenvalue weighted by molar-refractivity contribution is 5.66. The molecule has 0 saturated carbocycles. The molecule has 4 heteroatoms. The molecular formula is C14H20FNO2. The van der Waals surface area contributed by atoms with Gasteiger partial charge in [0, 0.05) is 12.5 Å². The second-order valence-electron chi connectivity index (χ2n) is 4.66. The molecule has 1 atom stereocenters. The summed E-state index contributed by atoms with van der Waals surface area (Å²) in [7, 11) is 1.98. The Morgan fingerprint density at radius 3 is 2.56 bits per heavy atom. The van der Waals surface area contributed by atoms with E-state index in [2.05, 4.69) is 11.8 Å². The first-order valence-corrected chi connectivity index (χ1v) is 6.15. The van der Waals surface area contributed by atoms with Crippen LogP contribution in [0.1, 0.15) is 25.3 Å². The smallest absolute Gasteiger partial charge is 0.303 e. The Bertz CT molecular complexity index is 378. The predicted molar refractivity (Wildman–Crippen MR) is 69.1 cm³/mol. The van der Waals surface area contributed by atoms with E-state index in [9.17, 15) is 9.18 Å². The number of halogens is 1. The molecule has 100 valence electrons. The molecule has 1 unspecified atom stereocenters. The molecule has 0 bridgehead atoms. The Labute approximate surface area is 107 Å². The van der Waals surface area contributed by atoms with E-state index in [0.717, 1.165) is 18.5 Å². The Morgan fingerprint density at radius 2 is 2.00 bits per heavy atom. The van der Waals surface area contributed by atoms with Gasteiger partial charge in [-0.1, -0.05) is 12.1 Å². The summed E-state index contributed by atoms with van der Waals surface area (Å²) < 4.78 is 12.8. The van der Waals surface area contributed by atoms with Crippen molar-refractivity contribution >= 4 is 5.97 Å². The van der Waals surface area contributed by atoms with Gasteiger partial charge in [-0.3, -0.25) is 4.79 Å². The van der Waals surface area contributed by atoms with Gasteiger partial charge in [0.2, 0.25) is 0 Å². The number of nitrogens with zero attached hydrogens (tertiary/aromatic N) is 1. The summed E-state index contributed by atoms with van der Waals surface area (Å²) in [6.45, 7) is 2.85. The summed E-state index contributed by atoms with van der Waals surface area (Å²) >= 11 is 0. The first-order chi connectivity index (χ1) is 8.49. The molecule has 0 spiro atoms. The van der Waals surface area contributed by atoms with Gasteiger partial charge in [0.1, 0.15) is 5.82 Å². The molecule has 3 nitrogen and oxygen atoms in total. The molecule has 0 radical (unpaired) electrons. The average Bonchev–Trinajstić information content (AvgIpc) is 2.31. The van der Waals surface area contributed by atoms with Crippen LogP contribution in [0.3, 0.4) is 0 Å². The lowest BCUT2D eigenvalue weighted by Crippen LogP contribution is -2.32. The van der Waals surface area contributed by atoms with Crippen LogP contribution in [-0.2, 0) is 11.2 Å². The fraction of sp³-hybridized carbons (Fsp3) is 0.500. The van der Waals surface area contributed by atoms with Gasteiger partial charge in [0.15, 0.2) is 0 Å². The maximum atomic E-state index is 12.8. The highest BCUT2D eigenvalue weighted by atomic mass is 19.1.